The molecule has 1 nitrogen and oxygen atoms in total. The fraction of sp³-hybridized carbons (Fsp3) is 0.250. The second-order valence-corrected chi connectivity index (χ2v) is 1.90. The van der Waals surface area contributed by atoms with Gasteiger partial charge in [0.2, 0.25) is 0 Å². The number of hydrogen-bond donors (Lipinski definition) is 0. The zero-order chi connectivity index (χ0) is 6.69. The van der Waals surface area contributed by atoms with E-state index in [0.29, 0.717) is 0 Å². The Morgan fingerprint density at radius 1 is 1.40 bits per heavy atom. The van der Waals surface area contributed by atoms with E-state index in [1.54, 1.807) is 7.11 Å². The largest absolute Gasteiger partial charge is 1.00 e. The Kier molecular flexibility index (Phi) is 4.27. The number of rotatable bonds is 1. The fourth-order valence-corrected chi connectivity index (χ4v) is 0.677. The molecule has 0 fully saturated rings. The smallest absolute Gasteiger partial charge is 0.523 e. The van der Waals surface area contributed by atoms with Gasteiger partial charge < -0.3 is 4.74 Å². The molecule has 1 aromatic rings. The van der Waals surface area contributed by atoms with Gasteiger partial charge in [0.05, 0.1) is 7.11 Å². The Bertz CT molecular complexity index is 198. The summed E-state index contributed by atoms with van der Waals surface area (Å²) in [5, 5.41) is 0. The maximum absolute atomic E-state index is 4.94. The fourth-order valence-electron chi connectivity index (χ4n) is 0.677. The van der Waals surface area contributed by atoms with Crippen molar-refractivity contribution < 1.29 is 23.6 Å². The van der Waals surface area contributed by atoms with Gasteiger partial charge in [0.25, 0.3) is 0 Å². The summed E-state index contributed by atoms with van der Waals surface area (Å²) in [7, 11) is 1.64. The van der Waals surface area contributed by atoms with E-state index in [0.717, 1.165) is 11.3 Å². The molecular formula is C8H9LiO. The summed E-state index contributed by atoms with van der Waals surface area (Å²) in [5.74, 6) is 0.801. The van der Waals surface area contributed by atoms with Crippen molar-refractivity contribution >= 4 is 0 Å². The monoisotopic (exact) mass is 128 g/mol. The zero-order valence-corrected chi connectivity index (χ0v) is 6.64. The van der Waals surface area contributed by atoms with E-state index in [-0.39, 0.29) is 18.9 Å². The molecule has 2 heteroatoms. The van der Waals surface area contributed by atoms with Crippen LogP contribution in [0, 0.1) is 13.0 Å². The van der Waals surface area contributed by atoms with Crippen LogP contribution in [0.4, 0.5) is 0 Å². The number of hydrogen-bond acceptors (Lipinski definition) is 1. The van der Waals surface area contributed by atoms with Crippen LogP contribution in [-0.4, -0.2) is 7.11 Å². The molecule has 0 bridgehead atoms. The molecule has 0 radical (unpaired) electrons. The average Bonchev–Trinajstić information content (AvgIpc) is 1.88. The standard InChI is InChI=1S/C8H9O.Li/c1-7-4-3-5-8(6-7)9-2;/h3-5H,1-2H3;/q-1;+1. The predicted molar refractivity (Wildman–Crippen MR) is 36.6 cm³/mol. The minimum absolute atomic E-state index is 0. The minimum Gasteiger partial charge on any atom is -0.523 e. The van der Waals surface area contributed by atoms with Crippen molar-refractivity contribution in [2.45, 2.75) is 6.92 Å². The summed E-state index contributed by atoms with van der Waals surface area (Å²) in [6, 6.07) is 8.85. The third-order valence-corrected chi connectivity index (χ3v) is 1.13. The SMILES string of the molecule is COc1[c-]c(C)ccc1.[Li+]. The van der Waals surface area contributed by atoms with Crippen molar-refractivity contribution in [1.82, 2.24) is 0 Å². The van der Waals surface area contributed by atoms with E-state index in [1.165, 1.54) is 0 Å². The molecule has 0 unspecified atom stereocenters. The van der Waals surface area contributed by atoms with Crippen LogP contribution >= 0.6 is 0 Å². The van der Waals surface area contributed by atoms with Crippen molar-refractivity contribution in [3.05, 3.63) is 29.8 Å². The van der Waals surface area contributed by atoms with Crippen LogP contribution in [-0.2, 0) is 0 Å². The quantitative estimate of drug-likeness (QED) is 0.341. The average molecular weight is 128 g/mol. The first-order valence-electron chi connectivity index (χ1n) is 2.86. The molecule has 0 N–H and O–H groups in total. The van der Waals surface area contributed by atoms with E-state index in [4.69, 9.17) is 4.74 Å². The van der Waals surface area contributed by atoms with Gasteiger partial charge in [-0.25, -0.2) is 0 Å². The Morgan fingerprint density at radius 3 is 2.50 bits per heavy atom. The van der Waals surface area contributed by atoms with Crippen molar-refractivity contribution in [3.63, 3.8) is 0 Å². The van der Waals surface area contributed by atoms with E-state index >= 15 is 0 Å². The normalized spacial score (nSPS) is 8.20. The van der Waals surface area contributed by atoms with Gasteiger partial charge in [0.1, 0.15) is 0 Å². The van der Waals surface area contributed by atoms with Gasteiger partial charge in [-0.3, -0.25) is 0 Å². The molecular weight excluding hydrogens is 119 g/mol. The van der Waals surface area contributed by atoms with E-state index < -0.39 is 0 Å². The van der Waals surface area contributed by atoms with Crippen LogP contribution in [0.1, 0.15) is 5.56 Å². The third kappa shape index (κ3) is 2.47. The first-order chi connectivity index (χ1) is 4.33. The van der Waals surface area contributed by atoms with Crippen LogP contribution in [0.15, 0.2) is 18.2 Å². The van der Waals surface area contributed by atoms with Gasteiger partial charge in [-0.15, -0.1) is 12.1 Å². The third-order valence-electron chi connectivity index (χ3n) is 1.13. The molecule has 0 aliphatic carbocycles. The zero-order valence-electron chi connectivity index (χ0n) is 6.64. The maximum atomic E-state index is 4.94. The molecule has 48 valence electrons. The summed E-state index contributed by atoms with van der Waals surface area (Å²) in [6.07, 6.45) is 0. The minimum atomic E-state index is 0. The molecule has 0 saturated heterocycles. The van der Waals surface area contributed by atoms with Crippen LogP contribution in [0.5, 0.6) is 5.75 Å². The summed E-state index contributed by atoms with van der Waals surface area (Å²) in [6.45, 7) is 1.99. The molecule has 10 heavy (non-hydrogen) atoms. The van der Waals surface area contributed by atoms with Crippen LogP contribution in [0.2, 0.25) is 0 Å². The molecule has 0 amide bonds. The topological polar surface area (TPSA) is 9.23 Å². The molecule has 0 heterocycles. The maximum Gasteiger partial charge on any atom is 1.00 e. The molecule has 1 aromatic carbocycles. The number of aryl methyl sites for hydroxylation is 1. The van der Waals surface area contributed by atoms with Gasteiger partial charge in [-0.05, 0) is 0 Å². The predicted octanol–water partition coefficient (Wildman–Crippen LogP) is -1.19. The second-order valence-electron chi connectivity index (χ2n) is 1.90. The molecule has 0 saturated carbocycles. The van der Waals surface area contributed by atoms with E-state index in [9.17, 15) is 0 Å². The molecule has 0 aliphatic rings. The molecule has 0 atom stereocenters. The van der Waals surface area contributed by atoms with Crippen molar-refractivity contribution in [2.75, 3.05) is 7.11 Å². The van der Waals surface area contributed by atoms with Gasteiger partial charge in [-0.1, -0.05) is 6.92 Å². The van der Waals surface area contributed by atoms with Gasteiger partial charge in [0.15, 0.2) is 0 Å². The first-order valence-corrected chi connectivity index (χ1v) is 2.86. The Morgan fingerprint density at radius 2 is 2.10 bits per heavy atom. The Hall–Kier alpha value is -0.383. The molecule has 0 aliphatic heterocycles. The van der Waals surface area contributed by atoms with Crippen molar-refractivity contribution in [3.8, 4) is 5.75 Å². The molecule has 0 spiro atoms. The van der Waals surface area contributed by atoms with Crippen molar-refractivity contribution in [1.29, 1.82) is 0 Å². The van der Waals surface area contributed by atoms with E-state index in [1.807, 2.05) is 25.1 Å². The second kappa shape index (κ2) is 4.44. The Labute approximate surface area is 73.6 Å². The van der Waals surface area contributed by atoms with Gasteiger partial charge >= 0.3 is 18.9 Å². The van der Waals surface area contributed by atoms with Gasteiger partial charge in [-0.2, -0.15) is 17.7 Å². The Balaban J connectivity index is 0.000000810. The summed E-state index contributed by atoms with van der Waals surface area (Å²) >= 11 is 0. The van der Waals surface area contributed by atoms with E-state index in [2.05, 4.69) is 6.07 Å². The van der Waals surface area contributed by atoms with Crippen LogP contribution in [0.25, 0.3) is 0 Å². The van der Waals surface area contributed by atoms with Gasteiger partial charge in [0, 0.05) is 5.75 Å². The number of ether oxygens (including phenoxy) is 1. The first kappa shape index (κ1) is 9.62. The van der Waals surface area contributed by atoms with Crippen LogP contribution < -0.4 is 23.6 Å². The summed E-state index contributed by atoms with van der Waals surface area (Å²) in [5.41, 5.74) is 1.11. The molecule has 1 rings (SSSR count). The number of methoxy groups -OCH3 is 1. The van der Waals surface area contributed by atoms with Crippen molar-refractivity contribution in [2.24, 2.45) is 0 Å². The number of benzene rings is 1. The summed E-state index contributed by atoms with van der Waals surface area (Å²) in [4.78, 5) is 0. The molecule has 0 aromatic heterocycles. The summed E-state index contributed by atoms with van der Waals surface area (Å²) < 4.78 is 4.94. The van der Waals surface area contributed by atoms with Crippen LogP contribution in [0.3, 0.4) is 0 Å².